The van der Waals surface area contributed by atoms with Gasteiger partial charge in [-0.1, -0.05) is 11.6 Å². The molecule has 0 saturated carbocycles. The maximum Gasteiger partial charge on any atom is 0.242 e. The first-order chi connectivity index (χ1) is 8.47. The first kappa shape index (κ1) is 13.3. The van der Waals surface area contributed by atoms with Crippen molar-refractivity contribution >= 4 is 38.8 Å². The van der Waals surface area contributed by atoms with Gasteiger partial charge in [0.25, 0.3) is 0 Å². The molecule has 2 aromatic heterocycles. The van der Waals surface area contributed by atoms with Crippen LogP contribution in [-0.2, 0) is 16.6 Å². The molecule has 8 heteroatoms. The van der Waals surface area contributed by atoms with Crippen LogP contribution in [0.4, 0.5) is 5.82 Å². The van der Waals surface area contributed by atoms with Crippen molar-refractivity contribution in [2.24, 2.45) is 0 Å². The Kier molecular flexibility index (Phi) is 3.86. The lowest BCUT2D eigenvalue weighted by Gasteiger charge is -2.05. The lowest BCUT2D eigenvalue weighted by atomic mass is 10.5. The second kappa shape index (κ2) is 5.23. The number of rotatable bonds is 4. The maximum absolute atomic E-state index is 11.9. The van der Waals surface area contributed by atoms with E-state index in [0.29, 0.717) is 4.34 Å². The lowest BCUT2D eigenvalue weighted by Crippen LogP contribution is -2.22. The molecule has 2 rings (SSSR count). The van der Waals surface area contributed by atoms with Gasteiger partial charge in [-0.15, -0.1) is 11.3 Å². The molecule has 0 spiro atoms. The van der Waals surface area contributed by atoms with E-state index in [4.69, 9.17) is 17.3 Å². The average Bonchev–Trinajstić information content (AvgIpc) is 2.73. The molecule has 96 valence electrons. The quantitative estimate of drug-likeness (QED) is 0.903. The number of sulfonamides is 1. The second-order valence-corrected chi connectivity index (χ2v) is 7.02. The third-order valence-electron chi connectivity index (χ3n) is 2.13. The molecule has 2 aromatic rings. The van der Waals surface area contributed by atoms with Gasteiger partial charge in [-0.25, -0.2) is 18.1 Å². The summed E-state index contributed by atoms with van der Waals surface area (Å²) in [5.41, 5.74) is 5.40. The molecule has 0 aromatic carbocycles. The number of thiophene rings is 1. The van der Waals surface area contributed by atoms with Gasteiger partial charge in [0, 0.05) is 17.6 Å². The summed E-state index contributed by atoms with van der Waals surface area (Å²) in [5.74, 6) is 0.277. The summed E-state index contributed by atoms with van der Waals surface area (Å²) in [7, 11) is -3.57. The molecule has 0 atom stereocenters. The van der Waals surface area contributed by atoms with E-state index in [2.05, 4.69) is 9.71 Å². The highest BCUT2D eigenvalue weighted by Gasteiger charge is 2.14. The smallest absolute Gasteiger partial charge is 0.242 e. The van der Waals surface area contributed by atoms with E-state index in [1.807, 2.05) is 0 Å². The van der Waals surface area contributed by atoms with Crippen LogP contribution in [0, 0.1) is 0 Å². The van der Waals surface area contributed by atoms with Gasteiger partial charge in [0.1, 0.15) is 10.7 Å². The Morgan fingerprint density at radius 3 is 2.67 bits per heavy atom. The molecule has 0 aliphatic heterocycles. The minimum atomic E-state index is -3.57. The Labute approximate surface area is 114 Å². The summed E-state index contributed by atoms with van der Waals surface area (Å²) in [6, 6.07) is 6.35. The summed E-state index contributed by atoms with van der Waals surface area (Å²) in [6.45, 7) is 0.199. The van der Waals surface area contributed by atoms with Gasteiger partial charge in [-0.3, -0.25) is 0 Å². The van der Waals surface area contributed by atoms with Gasteiger partial charge in [0.05, 0.1) is 4.34 Å². The predicted octanol–water partition coefficient (Wildman–Crippen LogP) is 1.86. The Morgan fingerprint density at radius 1 is 1.33 bits per heavy atom. The molecule has 0 amide bonds. The molecule has 0 unspecified atom stereocenters. The molecular formula is C10H10ClN3O2S2. The van der Waals surface area contributed by atoms with E-state index < -0.39 is 10.0 Å². The van der Waals surface area contributed by atoms with E-state index in [1.54, 1.807) is 12.1 Å². The van der Waals surface area contributed by atoms with Crippen molar-refractivity contribution < 1.29 is 8.42 Å². The molecule has 0 bridgehead atoms. The number of nitrogen functional groups attached to an aromatic ring is 1. The van der Waals surface area contributed by atoms with Crippen molar-refractivity contribution in [3.8, 4) is 0 Å². The number of pyridine rings is 1. The third kappa shape index (κ3) is 3.20. The monoisotopic (exact) mass is 303 g/mol. The van der Waals surface area contributed by atoms with Gasteiger partial charge in [0.2, 0.25) is 10.0 Å². The highest BCUT2D eigenvalue weighted by Crippen LogP contribution is 2.21. The minimum absolute atomic E-state index is 0.0827. The van der Waals surface area contributed by atoms with Gasteiger partial charge >= 0.3 is 0 Å². The summed E-state index contributed by atoms with van der Waals surface area (Å²) in [4.78, 5) is 4.67. The Hall–Kier alpha value is -1.15. The molecule has 2 heterocycles. The molecule has 0 saturated heterocycles. The summed E-state index contributed by atoms with van der Waals surface area (Å²) in [6.07, 6.45) is 1.22. The van der Waals surface area contributed by atoms with Crippen LogP contribution < -0.4 is 10.5 Å². The standard InChI is InChI=1S/C10H10ClN3O2S2/c11-9-3-1-7(17-9)5-14-18(15,16)8-2-4-10(12)13-6-8/h1-4,6,14H,5H2,(H2,12,13). The number of nitrogens with one attached hydrogen (secondary N) is 1. The largest absolute Gasteiger partial charge is 0.384 e. The zero-order valence-corrected chi connectivity index (χ0v) is 11.5. The average molecular weight is 304 g/mol. The van der Waals surface area contributed by atoms with E-state index in [1.165, 1.54) is 29.7 Å². The van der Waals surface area contributed by atoms with Gasteiger partial charge in [-0.2, -0.15) is 0 Å². The van der Waals surface area contributed by atoms with Crippen molar-refractivity contribution in [3.63, 3.8) is 0 Å². The van der Waals surface area contributed by atoms with Crippen molar-refractivity contribution in [2.45, 2.75) is 11.4 Å². The zero-order chi connectivity index (χ0) is 13.2. The maximum atomic E-state index is 11.9. The lowest BCUT2D eigenvalue weighted by molar-refractivity contribution is 0.581. The fourth-order valence-corrected chi connectivity index (χ4v) is 3.32. The van der Waals surface area contributed by atoms with Crippen molar-refractivity contribution in [2.75, 3.05) is 5.73 Å². The molecule has 0 radical (unpaired) electrons. The number of nitrogens with zero attached hydrogens (tertiary/aromatic N) is 1. The molecule has 0 aliphatic carbocycles. The van der Waals surface area contributed by atoms with Crippen LogP contribution in [-0.4, -0.2) is 13.4 Å². The Morgan fingerprint density at radius 2 is 2.11 bits per heavy atom. The number of hydrogen-bond acceptors (Lipinski definition) is 5. The summed E-state index contributed by atoms with van der Waals surface area (Å²) in [5, 5.41) is 0. The third-order valence-corrected chi connectivity index (χ3v) is 4.75. The van der Waals surface area contributed by atoms with Crippen LogP contribution in [0.15, 0.2) is 35.4 Å². The summed E-state index contributed by atoms with van der Waals surface area (Å²) < 4.78 is 26.9. The fourth-order valence-electron chi connectivity index (χ4n) is 1.25. The van der Waals surface area contributed by atoms with Crippen LogP contribution in [0.5, 0.6) is 0 Å². The van der Waals surface area contributed by atoms with Crippen LogP contribution in [0.2, 0.25) is 4.34 Å². The first-order valence-corrected chi connectivity index (χ1v) is 7.60. The Balaban J connectivity index is 2.10. The molecule has 5 nitrogen and oxygen atoms in total. The van der Waals surface area contributed by atoms with E-state index in [9.17, 15) is 8.42 Å². The van der Waals surface area contributed by atoms with E-state index in [0.717, 1.165) is 4.88 Å². The predicted molar refractivity (Wildman–Crippen MR) is 72.0 cm³/mol. The second-order valence-electron chi connectivity index (χ2n) is 3.45. The highest BCUT2D eigenvalue weighted by molar-refractivity contribution is 7.89. The van der Waals surface area contributed by atoms with Crippen LogP contribution >= 0.6 is 22.9 Å². The number of hydrogen-bond donors (Lipinski definition) is 2. The van der Waals surface area contributed by atoms with Crippen LogP contribution in [0.1, 0.15) is 4.88 Å². The molecule has 0 fully saturated rings. The normalized spacial score (nSPS) is 11.6. The van der Waals surface area contributed by atoms with Crippen LogP contribution in [0.3, 0.4) is 0 Å². The van der Waals surface area contributed by atoms with Crippen LogP contribution in [0.25, 0.3) is 0 Å². The van der Waals surface area contributed by atoms with Crippen molar-refractivity contribution in [3.05, 3.63) is 39.7 Å². The summed E-state index contributed by atoms with van der Waals surface area (Å²) >= 11 is 7.09. The zero-order valence-electron chi connectivity index (χ0n) is 9.13. The first-order valence-electron chi connectivity index (χ1n) is 4.93. The number of halogens is 1. The topological polar surface area (TPSA) is 85.1 Å². The highest BCUT2D eigenvalue weighted by atomic mass is 35.5. The Bertz CT molecular complexity index is 637. The molecule has 18 heavy (non-hydrogen) atoms. The van der Waals surface area contributed by atoms with E-state index in [-0.39, 0.29) is 17.3 Å². The van der Waals surface area contributed by atoms with E-state index >= 15 is 0 Å². The SMILES string of the molecule is Nc1ccc(S(=O)(=O)NCc2ccc(Cl)s2)cn1. The molecular weight excluding hydrogens is 294 g/mol. The van der Waals surface area contributed by atoms with Gasteiger partial charge < -0.3 is 5.73 Å². The number of nitrogens with two attached hydrogens (primary N) is 1. The minimum Gasteiger partial charge on any atom is -0.384 e. The van der Waals surface area contributed by atoms with Crippen molar-refractivity contribution in [1.82, 2.24) is 9.71 Å². The van der Waals surface area contributed by atoms with Gasteiger partial charge in [0.15, 0.2) is 0 Å². The number of aromatic nitrogens is 1. The molecule has 3 N–H and O–H groups in total. The van der Waals surface area contributed by atoms with Crippen molar-refractivity contribution in [1.29, 1.82) is 0 Å². The number of anilines is 1. The van der Waals surface area contributed by atoms with Gasteiger partial charge in [-0.05, 0) is 24.3 Å². The molecule has 0 aliphatic rings. The fraction of sp³-hybridized carbons (Fsp3) is 0.100.